The zero-order chi connectivity index (χ0) is 18.7. The van der Waals surface area contributed by atoms with Gasteiger partial charge in [-0.1, -0.05) is 23.7 Å². The van der Waals surface area contributed by atoms with Gasteiger partial charge in [0.15, 0.2) is 0 Å². The van der Waals surface area contributed by atoms with E-state index in [4.69, 9.17) is 11.6 Å². The third-order valence-electron chi connectivity index (χ3n) is 4.81. The SMILES string of the molecule is Cc1cc(C)cc(NC(=O)C2CCCN(Cc3c(F)cccc3Cl)C2)c1. The summed E-state index contributed by atoms with van der Waals surface area (Å²) in [4.78, 5) is 14.8. The van der Waals surface area contributed by atoms with Crippen molar-refractivity contribution in [3.8, 4) is 0 Å². The molecule has 1 fully saturated rings. The molecule has 3 rings (SSSR count). The topological polar surface area (TPSA) is 32.3 Å². The van der Waals surface area contributed by atoms with Crippen LogP contribution in [-0.4, -0.2) is 23.9 Å². The number of aryl methyl sites for hydroxylation is 2. The smallest absolute Gasteiger partial charge is 0.228 e. The van der Waals surface area contributed by atoms with Crippen LogP contribution in [0.2, 0.25) is 5.02 Å². The highest BCUT2D eigenvalue weighted by molar-refractivity contribution is 6.31. The van der Waals surface area contributed by atoms with Gasteiger partial charge in [-0.25, -0.2) is 4.39 Å². The Balaban J connectivity index is 1.65. The summed E-state index contributed by atoms with van der Waals surface area (Å²) in [5.74, 6) is -0.367. The Kier molecular flexibility index (Phi) is 5.94. The monoisotopic (exact) mass is 374 g/mol. The maximum atomic E-state index is 14.0. The maximum Gasteiger partial charge on any atom is 0.228 e. The number of hydrogen-bond donors (Lipinski definition) is 1. The van der Waals surface area contributed by atoms with Crippen LogP contribution >= 0.6 is 11.6 Å². The van der Waals surface area contributed by atoms with E-state index in [0.29, 0.717) is 23.7 Å². The summed E-state index contributed by atoms with van der Waals surface area (Å²) in [6, 6.07) is 10.8. The average molecular weight is 375 g/mol. The van der Waals surface area contributed by atoms with Gasteiger partial charge in [0.2, 0.25) is 5.91 Å². The molecule has 0 radical (unpaired) electrons. The standard InChI is InChI=1S/C21H24ClFN2O/c1-14-9-15(2)11-17(10-14)24-21(26)16-5-4-8-25(12-16)13-18-19(22)6-3-7-20(18)23/h3,6-7,9-11,16H,4-5,8,12-13H2,1-2H3,(H,24,26). The van der Waals surface area contributed by atoms with E-state index in [2.05, 4.69) is 16.3 Å². The first kappa shape index (κ1) is 18.9. The molecule has 26 heavy (non-hydrogen) atoms. The van der Waals surface area contributed by atoms with Crippen LogP contribution in [0.5, 0.6) is 0 Å². The molecule has 3 nitrogen and oxygen atoms in total. The van der Waals surface area contributed by atoms with Crippen molar-refractivity contribution in [2.75, 3.05) is 18.4 Å². The van der Waals surface area contributed by atoms with Crippen molar-refractivity contribution in [3.63, 3.8) is 0 Å². The number of rotatable bonds is 4. The molecule has 1 amide bonds. The minimum absolute atomic E-state index is 0.0272. The number of nitrogens with one attached hydrogen (secondary N) is 1. The highest BCUT2D eigenvalue weighted by atomic mass is 35.5. The number of halogens is 2. The zero-order valence-electron chi connectivity index (χ0n) is 15.2. The van der Waals surface area contributed by atoms with Crippen molar-refractivity contribution in [2.24, 2.45) is 5.92 Å². The Bertz CT molecular complexity index is 768. The predicted octanol–water partition coefficient (Wildman–Crippen LogP) is 4.95. The van der Waals surface area contributed by atoms with Gasteiger partial charge in [-0.3, -0.25) is 9.69 Å². The Labute approximate surface area is 159 Å². The highest BCUT2D eigenvalue weighted by Gasteiger charge is 2.26. The van der Waals surface area contributed by atoms with Gasteiger partial charge in [-0.2, -0.15) is 0 Å². The first-order valence-corrected chi connectivity index (χ1v) is 9.34. The van der Waals surface area contributed by atoms with E-state index in [1.807, 2.05) is 26.0 Å². The largest absolute Gasteiger partial charge is 0.326 e. The van der Waals surface area contributed by atoms with E-state index < -0.39 is 0 Å². The second kappa shape index (κ2) is 8.19. The molecule has 5 heteroatoms. The van der Waals surface area contributed by atoms with E-state index >= 15 is 0 Å². The number of benzene rings is 2. The summed E-state index contributed by atoms with van der Waals surface area (Å²) in [6.07, 6.45) is 1.76. The second-order valence-corrected chi connectivity index (χ2v) is 7.55. The van der Waals surface area contributed by atoms with Crippen molar-refractivity contribution < 1.29 is 9.18 Å². The van der Waals surface area contributed by atoms with Crippen molar-refractivity contribution in [2.45, 2.75) is 33.2 Å². The first-order chi connectivity index (χ1) is 12.4. The van der Waals surface area contributed by atoms with Crippen molar-refractivity contribution in [3.05, 3.63) is 63.9 Å². The van der Waals surface area contributed by atoms with Crippen molar-refractivity contribution >= 4 is 23.2 Å². The van der Waals surface area contributed by atoms with Crippen LogP contribution in [0.1, 0.15) is 29.5 Å². The van der Waals surface area contributed by atoms with Gasteiger partial charge in [0.05, 0.1) is 5.92 Å². The lowest BCUT2D eigenvalue weighted by atomic mass is 9.96. The van der Waals surface area contributed by atoms with Crippen LogP contribution in [0.4, 0.5) is 10.1 Å². The quantitative estimate of drug-likeness (QED) is 0.821. The molecule has 1 atom stereocenters. The maximum absolute atomic E-state index is 14.0. The fraction of sp³-hybridized carbons (Fsp3) is 0.381. The molecular formula is C21H24ClFN2O. The molecule has 2 aromatic rings. The minimum Gasteiger partial charge on any atom is -0.326 e. The van der Waals surface area contributed by atoms with Gasteiger partial charge < -0.3 is 5.32 Å². The van der Waals surface area contributed by atoms with Crippen LogP contribution in [0.3, 0.4) is 0 Å². The molecule has 1 N–H and O–H groups in total. The normalized spacial score (nSPS) is 17.9. The van der Waals surface area contributed by atoms with Gasteiger partial charge in [0.1, 0.15) is 5.82 Å². The molecule has 138 valence electrons. The zero-order valence-corrected chi connectivity index (χ0v) is 15.9. The average Bonchev–Trinajstić information content (AvgIpc) is 2.57. The molecule has 0 aromatic heterocycles. The van der Waals surface area contributed by atoms with E-state index in [1.165, 1.54) is 6.07 Å². The molecule has 1 aliphatic heterocycles. The van der Waals surface area contributed by atoms with E-state index in [0.717, 1.165) is 36.2 Å². The third kappa shape index (κ3) is 4.63. The molecule has 1 unspecified atom stereocenters. The highest BCUT2D eigenvalue weighted by Crippen LogP contribution is 2.25. The van der Waals surface area contributed by atoms with Gasteiger partial charge >= 0.3 is 0 Å². The van der Waals surface area contributed by atoms with Crippen LogP contribution in [0, 0.1) is 25.6 Å². The Morgan fingerprint density at radius 3 is 2.69 bits per heavy atom. The summed E-state index contributed by atoms with van der Waals surface area (Å²) < 4.78 is 14.0. The number of piperidine rings is 1. The molecule has 0 spiro atoms. The fourth-order valence-electron chi connectivity index (χ4n) is 3.61. The van der Waals surface area contributed by atoms with Crippen LogP contribution < -0.4 is 5.32 Å². The van der Waals surface area contributed by atoms with Crippen molar-refractivity contribution in [1.82, 2.24) is 4.90 Å². The molecule has 1 heterocycles. The van der Waals surface area contributed by atoms with Crippen LogP contribution in [0.25, 0.3) is 0 Å². The van der Waals surface area contributed by atoms with Gasteiger partial charge in [-0.05, 0) is 68.6 Å². The molecule has 0 aliphatic carbocycles. The predicted molar refractivity (Wildman–Crippen MR) is 104 cm³/mol. The Hall–Kier alpha value is -1.91. The summed E-state index contributed by atoms with van der Waals surface area (Å²) in [7, 11) is 0. The van der Waals surface area contributed by atoms with E-state index in [9.17, 15) is 9.18 Å². The molecule has 2 aromatic carbocycles. The van der Waals surface area contributed by atoms with Gasteiger partial charge in [-0.15, -0.1) is 0 Å². The van der Waals surface area contributed by atoms with Gasteiger partial charge in [0, 0.05) is 29.4 Å². The number of carbonyl (C=O) groups excluding carboxylic acids is 1. The van der Waals surface area contributed by atoms with E-state index in [-0.39, 0.29) is 17.6 Å². The summed E-state index contributed by atoms with van der Waals surface area (Å²) in [5, 5.41) is 3.47. The number of nitrogens with zero attached hydrogens (tertiary/aromatic N) is 1. The molecular weight excluding hydrogens is 351 g/mol. The minimum atomic E-state index is -0.292. The lowest BCUT2D eigenvalue weighted by molar-refractivity contribution is -0.121. The molecule has 0 bridgehead atoms. The molecule has 0 saturated carbocycles. The summed E-state index contributed by atoms with van der Waals surface area (Å²) in [5.41, 5.74) is 3.59. The summed E-state index contributed by atoms with van der Waals surface area (Å²) in [6.45, 7) is 5.92. The fourth-order valence-corrected chi connectivity index (χ4v) is 3.83. The van der Waals surface area contributed by atoms with Crippen LogP contribution in [-0.2, 0) is 11.3 Å². The number of carbonyl (C=O) groups is 1. The number of hydrogen-bond acceptors (Lipinski definition) is 2. The van der Waals surface area contributed by atoms with E-state index in [1.54, 1.807) is 12.1 Å². The first-order valence-electron chi connectivity index (χ1n) is 8.97. The van der Waals surface area contributed by atoms with Gasteiger partial charge in [0.25, 0.3) is 0 Å². The molecule has 1 saturated heterocycles. The Morgan fingerprint density at radius 2 is 2.00 bits per heavy atom. The lowest BCUT2D eigenvalue weighted by Crippen LogP contribution is -2.40. The third-order valence-corrected chi connectivity index (χ3v) is 5.16. The second-order valence-electron chi connectivity index (χ2n) is 7.14. The van der Waals surface area contributed by atoms with Crippen molar-refractivity contribution in [1.29, 1.82) is 0 Å². The number of anilines is 1. The Morgan fingerprint density at radius 1 is 1.27 bits per heavy atom. The molecule has 1 aliphatic rings. The number of amides is 1. The number of likely N-dealkylation sites (tertiary alicyclic amines) is 1. The summed E-state index contributed by atoms with van der Waals surface area (Å²) >= 11 is 6.14. The van der Waals surface area contributed by atoms with Crippen LogP contribution in [0.15, 0.2) is 36.4 Å². The lowest BCUT2D eigenvalue weighted by Gasteiger charge is -2.32.